The lowest BCUT2D eigenvalue weighted by molar-refractivity contribution is -0.123. The van der Waals surface area contributed by atoms with E-state index in [9.17, 15) is 18.0 Å². The van der Waals surface area contributed by atoms with Crippen molar-refractivity contribution in [3.05, 3.63) is 53.1 Å². The molecule has 31 heavy (non-hydrogen) atoms. The molecule has 4 rings (SSSR count). The zero-order valence-corrected chi connectivity index (χ0v) is 19.5. The summed E-state index contributed by atoms with van der Waals surface area (Å²) in [5.74, 6) is 0.436. The summed E-state index contributed by atoms with van der Waals surface area (Å²) >= 11 is 7.85. The molecule has 1 fully saturated rings. The maximum atomic E-state index is 13.2. The average molecular weight is 479 g/mol. The van der Waals surface area contributed by atoms with Crippen LogP contribution in [-0.2, 0) is 14.8 Å². The van der Waals surface area contributed by atoms with Crippen molar-refractivity contribution in [1.82, 2.24) is 4.31 Å². The van der Waals surface area contributed by atoms with Crippen LogP contribution in [0.25, 0.3) is 0 Å². The predicted molar refractivity (Wildman–Crippen MR) is 122 cm³/mol. The topological polar surface area (TPSA) is 74.8 Å². The molecule has 0 spiro atoms. The Hall–Kier alpha value is -1.87. The fourth-order valence-corrected chi connectivity index (χ4v) is 6.67. The van der Waals surface area contributed by atoms with Crippen LogP contribution in [0.2, 0.25) is 5.02 Å². The van der Waals surface area contributed by atoms with E-state index in [1.165, 1.54) is 23.4 Å². The number of piperidine rings is 1. The molecule has 6 nitrogen and oxygen atoms in total. The van der Waals surface area contributed by atoms with Gasteiger partial charge in [0, 0.05) is 46.8 Å². The number of ketones is 1. The minimum Gasteiger partial charge on any atom is -0.310 e. The van der Waals surface area contributed by atoms with Gasteiger partial charge in [0.1, 0.15) is 0 Å². The van der Waals surface area contributed by atoms with E-state index in [1.54, 1.807) is 28.8 Å². The normalized spacial score (nSPS) is 17.9. The molecule has 0 atom stereocenters. The van der Waals surface area contributed by atoms with Gasteiger partial charge in [0.2, 0.25) is 15.9 Å². The van der Waals surface area contributed by atoms with Gasteiger partial charge in [-0.15, -0.1) is 11.8 Å². The summed E-state index contributed by atoms with van der Waals surface area (Å²) in [6.07, 6.45) is 0.925. The van der Waals surface area contributed by atoms with Crippen LogP contribution < -0.4 is 4.90 Å². The molecule has 0 bridgehead atoms. The second kappa shape index (κ2) is 8.94. The first-order valence-electron chi connectivity index (χ1n) is 10.1. The van der Waals surface area contributed by atoms with E-state index in [1.807, 2.05) is 18.2 Å². The first kappa shape index (κ1) is 22.3. The Morgan fingerprint density at radius 1 is 1.06 bits per heavy atom. The molecule has 2 aromatic rings. The number of amides is 1. The zero-order chi connectivity index (χ0) is 22.2. The standard InChI is InChI=1S/C22H23ClN2O4S2/c1-15(26)17-3-2-4-19(13-17)31(28,29)24-9-7-16(8-10-24)22(27)25-11-12-30-21-6-5-18(23)14-20(21)25/h2-6,13-14,16H,7-12H2,1H3. The van der Waals surface area contributed by atoms with Gasteiger partial charge in [-0.25, -0.2) is 8.42 Å². The predicted octanol–water partition coefficient (Wildman–Crippen LogP) is 4.08. The highest BCUT2D eigenvalue weighted by Crippen LogP contribution is 2.38. The van der Waals surface area contributed by atoms with E-state index in [4.69, 9.17) is 11.6 Å². The molecule has 0 radical (unpaired) electrons. The highest BCUT2D eigenvalue weighted by Gasteiger charge is 2.35. The second-order valence-electron chi connectivity index (χ2n) is 7.71. The summed E-state index contributed by atoms with van der Waals surface area (Å²) in [6, 6.07) is 11.7. The molecular weight excluding hydrogens is 456 g/mol. The van der Waals surface area contributed by atoms with Crippen molar-refractivity contribution >= 4 is 50.8 Å². The molecular formula is C22H23ClN2O4S2. The number of carbonyl (C=O) groups is 2. The van der Waals surface area contributed by atoms with Gasteiger partial charge < -0.3 is 4.90 Å². The third kappa shape index (κ3) is 4.53. The Morgan fingerprint density at radius 2 is 1.81 bits per heavy atom. The number of anilines is 1. The van der Waals surface area contributed by atoms with Crippen LogP contribution in [0.3, 0.4) is 0 Å². The molecule has 0 N–H and O–H groups in total. The number of hydrogen-bond donors (Lipinski definition) is 0. The Kier molecular flexibility index (Phi) is 6.44. The van der Waals surface area contributed by atoms with Crippen molar-refractivity contribution in [1.29, 1.82) is 0 Å². The smallest absolute Gasteiger partial charge is 0.243 e. The number of hydrogen-bond acceptors (Lipinski definition) is 5. The fourth-order valence-electron chi connectivity index (χ4n) is 4.01. The zero-order valence-electron chi connectivity index (χ0n) is 17.1. The molecule has 9 heteroatoms. The van der Waals surface area contributed by atoms with Gasteiger partial charge in [0.25, 0.3) is 0 Å². The largest absolute Gasteiger partial charge is 0.310 e. The minimum atomic E-state index is -3.71. The molecule has 2 aliphatic rings. The van der Waals surface area contributed by atoms with Crippen molar-refractivity contribution in [2.24, 2.45) is 5.92 Å². The summed E-state index contributed by atoms with van der Waals surface area (Å²) in [5.41, 5.74) is 1.20. The third-order valence-corrected chi connectivity index (χ3v) is 8.90. The van der Waals surface area contributed by atoms with Crippen LogP contribution in [0.5, 0.6) is 0 Å². The molecule has 1 saturated heterocycles. The van der Waals surface area contributed by atoms with Crippen molar-refractivity contribution in [2.75, 3.05) is 30.3 Å². The van der Waals surface area contributed by atoms with E-state index in [2.05, 4.69) is 0 Å². The Balaban J connectivity index is 1.47. The monoisotopic (exact) mass is 478 g/mol. The first-order valence-corrected chi connectivity index (χ1v) is 12.9. The van der Waals surface area contributed by atoms with Crippen LogP contribution in [0.15, 0.2) is 52.3 Å². The van der Waals surface area contributed by atoms with E-state index in [-0.39, 0.29) is 35.6 Å². The SMILES string of the molecule is CC(=O)c1cccc(S(=O)(=O)N2CCC(C(=O)N3CCSc4ccc(Cl)cc43)CC2)c1. The molecule has 2 aliphatic heterocycles. The van der Waals surface area contributed by atoms with Crippen molar-refractivity contribution in [2.45, 2.75) is 29.6 Å². The molecule has 1 amide bonds. The van der Waals surface area contributed by atoms with Gasteiger partial charge in [-0.05, 0) is 50.1 Å². The molecule has 2 heterocycles. The van der Waals surface area contributed by atoms with Gasteiger partial charge in [-0.3, -0.25) is 9.59 Å². The maximum Gasteiger partial charge on any atom is 0.243 e. The van der Waals surface area contributed by atoms with Gasteiger partial charge in [0.15, 0.2) is 5.78 Å². The maximum absolute atomic E-state index is 13.2. The number of rotatable bonds is 4. The van der Waals surface area contributed by atoms with Crippen molar-refractivity contribution < 1.29 is 18.0 Å². The summed E-state index contributed by atoms with van der Waals surface area (Å²) < 4.78 is 27.5. The molecule has 0 aliphatic carbocycles. The third-order valence-electron chi connectivity index (χ3n) is 5.73. The number of nitrogens with zero attached hydrogens (tertiary/aromatic N) is 2. The fraction of sp³-hybridized carbons (Fsp3) is 0.364. The molecule has 164 valence electrons. The molecule has 0 saturated carbocycles. The van der Waals surface area contributed by atoms with Gasteiger partial charge in [-0.2, -0.15) is 4.31 Å². The number of thioether (sulfide) groups is 1. The molecule has 0 aromatic heterocycles. The number of halogens is 1. The van der Waals surface area contributed by atoms with Crippen LogP contribution in [0.1, 0.15) is 30.1 Å². The van der Waals surface area contributed by atoms with Gasteiger partial charge >= 0.3 is 0 Å². The minimum absolute atomic E-state index is 0.0273. The summed E-state index contributed by atoms with van der Waals surface area (Å²) in [7, 11) is -3.71. The summed E-state index contributed by atoms with van der Waals surface area (Å²) in [5, 5.41) is 0.591. The summed E-state index contributed by atoms with van der Waals surface area (Å²) in [6.45, 7) is 2.57. The van der Waals surface area contributed by atoms with Crippen LogP contribution in [0, 0.1) is 5.92 Å². The van der Waals surface area contributed by atoms with Crippen molar-refractivity contribution in [3.8, 4) is 0 Å². The van der Waals surface area contributed by atoms with Gasteiger partial charge in [-0.1, -0.05) is 23.7 Å². The number of benzene rings is 2. The number of Topliss-reactive ketones (excluding diaryl/α,β-unsaturated/α-hetero) is 1. The lowest BCUT2D eigenvalue weighted by Gasteiger charge is -2.35. The lowest BCUT2D eigenvalue weighted by atomic mass is 9.96. The van der Waals surface area contributed by atoms with E-state index in [0.717, 1.165) is 16.3 Å². The van der Waals surface area contributed by atoms with E-state index < -0.39 is 10.0 Å². The summed E-state index contributed by atoms with van der Waals surface area (Å²) in [4.78, 5) is 27.8. The second-order valence-corrected chi connectivity index (χ2v) is 11.2. The number of sulfonamides is 1. The van der Waals surface area contributed by atoms with Crippen LogP contribution >= 0.6 is 23.4 Å². The van der Waals surface area contributed by atoms with E-state index >= 15 is 0 Å². The highest BCUT2D eigenvalue weighted by atomic mass is 35.5. The van der Waals surface area contributed by atoms with Crippen molar-refractivity contribution in [3.63, 3.8) is 0 Å². The highest BCUT2D eigenvalue weighted by molar-refractivity contribution is 7.99. The quantitative estimate of drug-likeness (QED) is 0.619. The Morgan fingerprint density at radius 3 is 2.52 bits per heavy atom. The van der Waals surface area contributed by atoms with Crippen LogP contribution in [-0.4, -0.2) is 49.8 Å². The first-order chi connectivity index (χ1) is 14.8. The lowest BCUT2D eigenvalue weighted by Crippen LogP contribution is -2.45. The molecule has 0 unspecified atom stereocenters. The van der Waals surface area contributed by atoms with E-state index in [0.29, 0.717) is 30.0 Å². The number of fused-ring (bicyclic) bond motifs is 1. The Labute approximate surface area is 191 Å². The van der Waals surface area contributed by atoms with Gasteiger partial charge in [0.05, 0.1) is 10.6 Å². The number of carbonyl (C=O) groups excluding carboxylic acids is 2. The average Bonchev–Trinajstić information content (AvgIpc) is 2.78. The van der Waals surface area contributed by atoms with Crippen LogP contribution in [0.4, 0.5) is 5.69 Å². The Bertz CT molecular complexity index is 1130. The molecule has 2 aromatic carbocycles.